The third-order valence-corrected chi connectivity index (χ3v) is 4.03. The van der Waals surface area contributed by atoms with Crippen LogP contribution in [0.25, 0.3) is 11.1 Å². The molecule has 2 nitrogen and oxygen atoms in total. The maximum absolute atomic E-state index is 14.3. The Balaban J connectivity index is 1.74. The number of hydrogen-bond donors (Lipinski definition) is 0. The minimum absolute atomic E-state index is 0.0971. The SMILES string of the molecule is Cc1ccc(-c2ccc(OCC(F)(F)Oc3cc(F)c(F)c(F)c3)c(F)c2F)cc1. The van der Waals surface area contributed by atoms with Gasteiger partial charge in [-0.3, -0.25) is 0 Å². The zero-order valence-corrected chi connectivity index (χ0v) is 15.3. The maximum Gasteiger partial charge on any atom is 0.433 e. The van der Waals surface area contributed by atoms with E-state index in [-0.39, 0.29) is 17.7 Å². The van der Waals surface area contributed by atoms with Crippen LogP contribution in [0.1, 0.15) is 5.56 Å². The van der Waals surface area contributed by atoms with Gasteiger partial charge in [0.2, 0.25) is 5.82 Å². The van der Waals surface area contributed by atoms with Crippen LogP contribution in [0, 0.1) is 36.0 Å². The topological polar surface area (TPSA) is 18.5 Å². The molecule has 0 atom stereocenters. The lowest BCUT2D eigenvalue weighted by Gasteiger charge is -2.19. The largest absolute Gasteiger partial charge is 0.480 e. The fraction of sp³-hybridized carbons (Fsp3) is 0.143. The maximum atomic E-state index is 14.3. The predicted octanol–water partition coefficient (Wildman–Crippen LogP) is 6.41. The molecule has 0 radical (unpaired) electrons. The van der Waals surface area contributed by atoms with E-state index in [4.69, 9.17) is 0 Å². The lowest BCUT2D eigenvalue weighted by molar-refractivity contribution is -0.196. The molecule has 0 amide bonds. The molecule has 0 saturated heterocycles. The molecule has 0 aromatic heterocycles. The van der Waals surface area contributed by atoms with Crippen molar-refractivity contribution in [3.8, 4) is 22.6 Å². The first kappa shape index (κ1) is 21.5. The fourth-order valence-corrected chi connectivity index (χ4v) is 2.55. The van der Waals surface area contributed by atoms with Crippen molar-refractivity contribution in [2.24, 2.45) is 0 Å². The summed E-state index contributed by atoms with van der Waals surface area (Å²) in [5.74, 6) is -9.95. The minimum Gasteiger partial charge on any atom is -0.480 e. The first-order chi connectivity index (χ1) is 14.1. The molecule has 9 heteroatoms. The summed E-state index contributed by atoms with van der Waals surface area (Å²) in [5, 5.41) is 0. The van der Waals surface area contributed by atoms with Crippen molar-refractivity contribution in [1.82, 2.24) is 0 Å². The van der Waals surface area contributed by atoms with Crippen LogP contribution in [0.15, 0.2) is 48.5 Å². The first-order valence-electron chi connectivity index (χ1n) is 8.46. The highest BCUT2D eigenvalue weighted by Crippen LogP contribution is 2.31. The van der Waals surface area contributed by atoms with Gasteiger partial charge in [0.25, 0.3) is 0 Å². The molecule has 0 heterocycles. The molecule has 3 aromatic carbocycles. The van der Waals surface area contributed by atoms with Crippen LogP contribution >= 0.6 is 0 Å². The molecule has 0 saturated carbocycles. The average molecular weight is 430 g/mol. The van der Waals surface area contributed by atoms with Crippen molar-refractivity contribution in [3.63, 3.8) is 0 Å². The molecule has 0 bridgehead atoms. The van der Waals surface area contributed by atoms with E-state index in [1.54, 1.807) is 24.3 Å². The Morgan fingerprint density at radius 3 is 1.97 bits per heavy atom. The quantitative estimate of drug-likeness (QED) is 0.333. The highest BCUT2D eigenvalue weighted by atomic mass is 19.3. The normalized spacial score (nSPS) is 11.5. The van der Waals surface area contributed by atoms with Gasteiger partial charge in [-0.25, -0.2) is 17.6 Å². The van der Waals surface area contributed by atoms with Crippen LogP contribution < -0.4 is 9.47 Å². The summed E-state index contributed by atoms with van der Waals surface area (Å²) in [6, 6.07) is 9.05. The first-order valence-corrected chi connectivity index (χ1v) is 8.46. The van der Waals surface area contributed by atoms with E-state index >= 15 is 0 Å². The Hall–Kier alpha value is -3.23. The van der Waals surface area contributed by atoms with Gasteiger partial charge in [-0.15, -0.1) is 0 Å². The standard InChI is InChI=1S/C21H13F7O2/c1-11-2-4-12(5-3-11)14-6-7-17(20(26)18(14)24)29-10-21(27,28)30-13-8-15(22)19(25)16(23)9-13/h2-9H,10H2,1H3. The van der Waals surface area contributed by atoms with Crippen molar-refractivity contribution >= 4 is 0 Å². The van der Waals surface area contributed by atoms with E-state index in [9.17, 15) is 30.7 Å². The van der Waals surface area contributed by atoms with E-state index in [1.165, 1.54) is 0 Å². The fourth-order valence-electron chi connectivity index (χ4n) is 2.55. The molecule has 0 aliphatic heterocycles. The second-order valence-corrected chi connectivity index (χ2v) is 6.33. The lowest BCUT2D eigenvalue weighted by Crippen LogP contribution is -2.32. The summed E-state index contributed by atoms with van der Waals surface area (Å²) in [6.45, 7) is 0.211. The number of benzene rings is 3. The molecule has 158 valence electrons. The second kappa shape index (κ2) is 8.25. The highest BCUT2D eigenvalue weighted by Gasteiger charge is 2.34. The number of rotatable bonds is 6. The summed E-state index contributed by atoms with van der Waals surface area (Å²) in [6.07, 6.45) is -4.19. The number of alkyl halides is 2. The van der Waals surface area contributed by atoms with Crippen molar-refractivity contribution in [2.75, 3.05) is 6.61 Å². The molecule has 3 aromatic rings. The van der Waals surface area contributed by atoms with Gasteiger partial charge in [-0.1, -0.05) is 29.8 Å². The van der Waals surface area contributed by atoms with Gasteiger partial charge in [-0.05, 0) is 24.6 Å². The molecule has 0 fully saturated rings. The van der Waals surface area contributed by atoms with Gasteiger partial charge in [-0.2, -0.15) is 13.2 Å². The van der Waals surface area contributed by atoms with Gasteiger partial charge in [0.15, 0.2) is 35.6 Å². The Kier molecular flexibility index (Phi) is 5.91. The summed E-state index contributed by atoms with van der Waals surface area (Å²) in [4.78, 5) is 0. The highest BCUT2D eigenvalue weighted by molar-refractivity contribution is 5.65. The molecular formula is C21H13F7O2. The van der Waals surface area contributed by atoms with Gasteiger partial charge in [0.05, 0.1) is 0 Å². The molecule has 0 aliphatic carbocycles. The Morgan fingerprint density at radius 1 is 0.767 bits per heavy atom. The second-order valence-electron chi connectivity index (χ2n) is 6.33. The predicted molar refractivity (Wildman–Crippen MR) is 93.9 cm³/mol. The van der Waals surface area contributed by atoms with E-state index in [0.717, 1.165) is 17.7 Å². The monoisotopic (exact) mass is 430 g/mol. The van der Waals surface area contributed by atoms with E-state index in [1.807, 2.05) is 6.92 Å². The van der Waals surface area contributed by atoms with Gasteiger partial charge < -0.3 is 9.47 Å². The van der Waals surface area contributed by atoms with Crippen molar-refractivity contribution in [1.29, 1.82) is 0 Å². The van der Waals surface area contributed by atoms with Crippen LogP contribution in [-0.2, 0) is 0 Å². The molecule has 0 spiro atoms. The lowest BCUT2D eigenvalue weighted by atomic mass is 10.0. The number of hydrogen-bond acceptors (Lipinski definition) is 2. The number of aryl methyl sites for hydroxylation is 1. The van der Waals surface area contributed by atoms with Crippen molar-refractivity contribution < 1.29 is 40.2 Å². The Bertz CT molecular complexity index is 1040. The molecular weight excluding hydrogens is 417 g/mol. The average Bonchev–Trinajstić information content (AvgIpc) is 2.68. The van der Waals surface area contributed by atoms with Crippen molar-refractivity contribution in [3.05, 3.63) is 83.2 Å². The molecule has 0 N–H and O–H groups in total. The molecule has 0 unspecified atom stereocenters. The third kappa shape index (κ3) is 4.67. The van der Waals surface area contributed by atoms with Crippen LogP contribution in [0.5, 0.6) is 11.5 Å². The van der Waals surface area contributed by atoms with Crippen molar-refractivity contribution in [2.45, 2.75) is 13.0 Å². The van der Waals surface area contributed by atoms with Gasteiger partial charge >= 0.3 is 6.11 Å². The summed E-state index contributed by atoms with van der Waals surface area (Å²) in [5.41, 5.74) is 1.18. The van der Waals surface area contributed by atoms with Crippen LogP contribution in [0.4, 0.5) is 30.7 Å². The zero-order chi connectivity index (χ0) is 22.1. The summed E-state index contributed by atoms with van der Waals surface area (Å²) in [7, 11) is 0. The molecule has 3 rings (SSSR count). The van der Waals surface area contributed by atoms with Gasteiger partial charge in [0, 0.05) is 17.7 Å². The van der Waals surface area contributed by atoms with E-state index in [2.05, 4.69) is 9.47 Å². The minimum atomic E-state index is -4.19. The van der Waals surface area contributed by atoms with Crippen LogP contribution in [0.3, 0.4) is 0 Å². The van der Waals surface area contributed by atoms with Crippen LogP contribution in [0.2, 0.25) is 0 Å². The zero-order valence-electron chi connectivity index (χ0n) is 15.3. The summed E-state index contributed by atoms with van der Waals surface area (Å²) >= 11 is 0. The number of halogens is 7. The third-order valence-electron chi connectivity index (χ3n) is 4.03. The summed E-state index contributed by atoms with van der Waals surface area (Å²) < 4.78 is 104. The van der Waals surface area contributed by atoms with Crippen LogP contribution in [-0.4, -0.2) is 12.7 Å². The molecule has 0 aliphatic rings. The smallest absolute Gasteiger partial charge is 0.433 e. The van der Waals surface area contributed by atoms with E-state index in [0.29, 0.717) is 5.56 Å². The Labute approximate surface area is 166 Å². The van der Waals surface area contributed by atoms with Gasteiger partial charge in [0.1, 0.15) is 5.75 Å². The Morgan fingerprint density at radius 2 is 1.37 bits per heavy atom. The van der Waals surface area contributed by atoms with E-state index < -0.39 is 53.3 Å². The number of ether oxygens (including phenoxy) is 2. The molecule has 30 heavy (non-hydrogen) atoms.